The monoisotopic (exact) mass is 118 g/mol. The highest BCUT2D eigenvalue weighted by Crippen LogP contribution is 1.93. The first-order valence-corrected chi connectivity index (χ1v) is 2.43. The van der Waals surface area contributed by atoms with Crippen LogP contribution in [0.4, 0.5) is 0 Å². The van der Waals surface area contributed by atoms with Crippen molar-refractivity contribution in [3.05, 3.63) is 4.91 Å². The van der Waals surface area contributed by atoms with Gasteiger partial charge in [-0.25, -0.2) is 0 Å². The minimum atomic E-state index is -0.785. The third kappa shape index (κ3) is 1.99. The molecule has 0 aromatic rings. The Morgan fingerprint density at radius 3 is 2.50 bits per heavy atom. The van der Waals surface area contributed by atoms with Crippen LogP contribution in [-0.4, -0.2) is 23.8 Å². The molecule has 4 heteroatoms. The smallest absolute Gasteiger partial charge is 0.116 e. The topological polar surface area (TPSA) is 75.7 Å². The average molecular weight is 118 g/mol. The Hall–Kier alpha value is -0.480. The molecular formula is C4H10N2O2. The molecule has 0 aliphatic rings. The summed E-state index contributed by atoms with van der Waals surface area (Å²) >= 11 is 0. The number of nitrogens with two attached hydrogens (primary N) is 1. The van der Waals surface area contributed by atoms with Gasteiger partial charge in [-0.05, 0) is 6.92 Å². The summed E-state index contributed by atoms with van der Waals surface area (Å²) in [6, 6.07) is -0.583. The standard InChI is InChI=1S/C4H10N2O2/c1-3(6-8)4(7)2-5/h3-4,7H,2,5H2,1H3. The van der Waals surface area contributed by atoms with E-state index >= 15 is 0 Å². The highest BCUT2D eigenvalue weighted by atomic mass is 16.3. The quantitative estimate of drug-likeness (QED) is 0.489. The highest BCUT2D eigenvalue weighted by molar-refractivity contribution is 4.69. The number of aliphatic hydroxyl groups excluding tert-OH is 1. The predicted octanol–water partition coefficient (Wildman–Crippen LogP) is -0.539. The van der Waals surface area contributed by atoms with Crippen LogP contribution in [0.25, 0.3) is 0 Å². The lowest BCUT2D eigenvalue weighted by atomic mass is 10.2. The van der Waals surface area contributed by atoms with Crippen LogP contribution < -0.4 is 5.73 Å². The molecule has 0 saturated heterocycles. The largest absolute Gasteiger partial charge is 0.389 e. The zero-order valence-electron chi connectivity index (χ0n) is 4.74. The Labute approximate surface area is 47.7 Å². The molecule has 0 saturated carbocycles. The fraction of sp³-hybridized carbons (Fsp3) is 1.00. The molecule has 0 rings (SSSR count). The van der Waals surface area contributed by atoms with Gasteiger partial charge in [0.2, 0.25) is 0 Å². The Bertz CT molecular complexity index is 76.4. The molecule has 48 valence electrons. The maximum absolute atomic E-state index is 9.64. The van der Waals surface area contributed by atoms with Crippen LogP contribution in [0, 0.1) is 4.91 Å². The van der Waals surface area contributed by atoms with Crippen molar-refractivity contribution in [2.45, 2.75) is 19.1 Å². The van der Waals surface area contributed by atoms with E-state index in [1.54, 1.807) is 0 Å². The molecule has 0 heterocycles. The highest BCUT2D eigenvalue weighted by Gasteiger charge is 2.10. The fourth-order valence-corrected chi connectivity index (χ4v) is 0.267. The zero-order chi connectivity index (χ0) is 6.57. The fourth-order valence-electron chi connectivity index (χ4n) is 0.267. The van der Waals surface area contributed by atoms with Gasteiger partial charge in [0.05, 0.1) is 6.10 Å². The predicted molar refractivity (Wildman–Crippen MR) is 30.3 cm³/mol. The Morgan fingerprint density at radius 1 is 1.88 bits per heavy atom. The van der Waals surface area contributed by atoms with Crippen molar-refractivity contribution in [1.29, 1.82) is 0 Å². The van der Waals surface area contributed by atoms with Crippen LogP contribution in [0.1, 0.15) is 6.92 Å². The minimum absolute atomic E-state index is 0.0902. The van der Waals surface area contributed by atoms with E-state index in [9.17, 15) is 4.91 Å². The molecule has 0 aliphatic heterocycles. The van der Waals surface area contributed by atoms with Gasteiger partial charge in [0.25, 0.3) is 0 Å². The molecule has 3 N–H and O–H groups in total. The summed E-state index contributed by atoms with van der Waals surface area (Å²) in [5.41, 5.74) is 5.00. The van der Waals surface area contributed by atoms with E-state index in [0.717, 1.165) is 0 Å². The molecule has 0 amide bonds. The summed E-state index contributed by atoms with van der Waals surface area (Å²) in [6.45, 7) is 1.61. The lowest BCUT2D eigenvalue weighted by Crippen LogP contribution is -2.29. The first kappa shape index (κ1) is 7.52. The summed E-state index contributed by atoms with van der Waals surface area (Å²) in [5.74, 6) is 0. The second-order valence-corrected chi connectivity index (χ2v) is 1.65. The van der Waals surface area contributed by atoms with Crippen molar-refractivity contribution in [3.63, 3.8) is 0 Å². The lowest BCUT2D eigenvalue weighted by molar-refractivity contribution is 0.159. The van der Waals surface area contributed by atoms with E-state index in [0.29, 0.717) is 0 Å². The van der Waals surface area contributed by atoms with Crippen molar-refractivity contribution in [2.24, 2.45) is 10.9 Å². The van der Waals surface area contributed by atoms with Crippen molar-refractivity contribution in [2.75, 3.05) is 6.54 Å². The average Bonchev–Trinajstić information content (AvgIpc) is 1.84. The molecule has 0 radical (unpaired) electrons. The summed E-state index contributed by atoms with van der Waals surface area (Å²) in [7, 11) is 0. The van der Waals surface area contributed by atoms with E-state index in [-0.39, 0.29) is 6.54 Å². The lowest BCUT2D eigenvalue weighted by Gasteiger charge is -2.06. The van der Waals surface area contributed by atoms with Gasteiger partial charge in [-0.15, -0.1) is 0 Å². The van der Waals surface area contributed by atoms with E-state index in [2.05, 4.69) is 5.18 Å². The van der Waals surface area contributed by atoms with Crippen molar-refractivity contribution >= 4 is 0 Å². The van der Waals surface area contributed by atoms with Crippen LogP contribution in [-0.2, 0) is 0 Å². The summed E-state index contributed by atoms with van der Waals surface area (Å²) in [4.78, 5) is 9.64. The molecule has 8 heavy (non-hydrogen) atoms. The molecule has 0 aromatic carbocycles. The van der Waals surface area contributed by atoms with Crippen LogP contribution in [0.2, 0.25) is 0 Å². The second-order valence-electron chi connectivity index (χ2n) is 1.65. The number of hydrogen-bond acceptors (Lipinski definition) is 4. The van der Waals surface area contributed by atoms with Gasteiger partial charge >= 0.3 is 0 Å². The molecule has 0 aromatic heterocycles. The summed E-state index contributed by atoms with van der Waals surface area (Å²) in [6.07, 6.45) is -0.785. The number of nitrogens with zero attached hydrogens (tertiary/aromatic N) is 1. The van der Waals surface area contributed by atoms with Crippen molar-refractivity contribution < 1.29 is 5.11 Å². The third-order valence-corrected chi connectivity index (χ3v) is 0.965. The van der Waals surface area contributed by atoms with Gasteiger partial charge in [-0.3, -0.25) is 0 Å². The zero-order valence-corrected chi connectivity index (χ0v) is 4.74. The first-order chi connectivity index (χ1) is 3.72. The van der Waals surface area contributed by atoms with E-state index < -0.39 is 12.1 Å². The van der Waals surface area contributed by atoms with Crippen molar-refractivity contribution in [1.82, 2.24) is 0 Å². The SMILES string of the molecule is CC(N=O)C(O)CN. The second kappa shape index (κ2) is 3.51. The summed E-state index contributed by atoms with van der Waals surface area (Å²) in [5, 5.41) is 11.3. The molecule has 0 spiro atoms. The number of nitroso groups, excluding NO2 is 1. The van der Waals surface area contributed by atoms with Crippen LogP contribution in [0.3, 0.4) is 0 Å². The first-order valence-electron chi connectivity index (χ1n) is 2.43. The van der Waals surface area contributed by atoms with Gasteiger partial charge in [0, 0.05) is 6.54 Å². The molecule has 0 bridgehead atoms. The van der Waals surface area contributed by atoms with Gasteiger partial charge in [-0.2, -0.15) is 4.91 Å². The molecule has 2 atom stereocenters. The molecule has 0 fully saturated rings. The Kier molecular flexibility index (Phi) is 3.30. The number of hydrogen-bond donors (Lipinski definition) is 2. The van der Waals surface area contributed by atoms with E-state index in [1.165, 1.54) is 6.92 Å². The summed E-state index contributed by atoms with van der Waals surface area (Å²) < 4.78 is 0. The molecule has 2 unspecified atom stereocenters. The van der Waals surface area contributed by atoms with Crippen molar-refractivity contribution in [3.8, 4) is 0 Å². The third-order valence-electron chi connectivity index (χ3n) is 0.965. The van der Waals surface area contributed by atoms with Crippen LogP contribution >= 0.6 is 0 Å². The Morgan fingerprint density at radius 2 is 2.38 bits per heavy atom. The van der Waals surface area contributed by atoms with Gasteiger partial charge in [0.15, 0.2) is 0 Å². The number of rotatable bonds is 3. The van der Waals surface area contributed by atoms with E-state index in [1.807, 2.05) is 0 Å². The van der Waals surface area contributed by atoms with Gasteiger partial charge < -0.3 is 10.8 Å². The maximum Gasteiger partial charge on any atom is 0.116 e. The maximum atomic E-state index is 9.64. The number of aliphatic hydroxyl groups is 1. The minimum Gasteiger partial charge on any atom is -0.389 e. The van der Waals surface area contributed by atoms with Crippen LogP contribution in [0.5, 0.6) is 0 Å². The molecular weight excluding hydrogens is 108 g/mol. The van der Waals surface area contributed by atoms with E-state index in [4.69, 9.17) is 10.8 Å². The molecule has 4 nitrogen and oxygen atoms in total. The van der Waals surface area contributed by atoms with Gasteiger partial charge in [-0.1, -0.05) is 5.18 Å². The molecule has 0 aliphatic carbocycles. The Balaban J connectivity index is 3.44. The normalized spacial score (nSPS) is 17.4. The van der Waals surface area contributed by atoms with Crippen LogP contribution in [0.15, 0.2) is 5.18 Å². The van der Waals surface area contributed by atoms with Gasteiger partial charge in [0.1, 0.15) is 6.04 Å².